The molecule has 0 bridgehead atoms. The predicted molar refractivity (Wildman–Crippen MR) is 87.0 cm³/mol. The molecule has 2 rings (SSSR count). The van der Waals surface area contributed by atoms with E-state index < -0.39 is 0 Å². The number of nitrogens with zero attached hydrogens (tertiary/aromatic N) is 1. The van der Waals surface area contributed by atoms with E-state index in [1.165, 1.54) is 5.56 Å². The number of benzene rings is 1. The van der Waals surface area contributed by atoms with Crippen LogP contribution >= 0.6 is 12.4 Å². The smallest absolute Gasteiger partial charge is 0.226 e. The zero-order valence-electron chi connectivity index (χ0n) is 12.7. The van der Waals surface area contributed by atoms with Gasteiger partial charge < -0.3 is 15.4 Å². The summed E-state index contributed by atoms with van der Waals surface area (Å²) in [5.74, 6) is 1.54. The zero-order chi connectivity index (χ0) is 14.5. The molecule has 1 heterocycles. The minimum absolute atomic E-state index is 0. The lowest BCUT2D eigenvalue weighted by Gasteiger charge is -2.33. The highest BCUT2D eigenvalue weighted by Gasteiger charge is 2.26. The van der Waals surface area contributed by atoms with E-state index in [0.29, 0.717) is 12.5 Å². The molecule has 1 unspecified atom stereocenters. The number of likely N-dealkylation sites (tertiary alicyclic amines) is 1. The van der Waals surface area contributed by atoms with Crippen molar-refractivity contribution in [3.63, 3.8) is 0 Å². The molecule has 0 aromatic heterocycles. The first-order valence-electron chi connectivity index (χ1n) is 7.28. The predicted octanol–water partition coefficient (Wildman–Crippen LogP) is 2.42. The van der Waals surface area contributed by atoms with Gasteiger partial charge in [0, 0.05) is 25.6 Å². The quantitative estimate of drug-likeness (QED) is 0.929. The van der Waals surface area contributed by atoms with Crippen LogP contribution in [0.2, 0.25) is 0 Å². The third-order valence-corrected chi connectivity index (χ3v) is 4.15. The van der Waals surface area contributed by atoms with Crippen LogP contribution in [0.1, 0.15) is 31.2 Å². The van der Waals surface area contributed by atoms with Crippen LogP contribution in [0, 0.1) is 5.92 Å². The molecule has 0 saturated carbocycles. The zero-order valence-corrected chi connectivity index (χ0v) is 13.6. The fourth-order valence-corrected chi connectivity index (χ4v) is 2.74. The molecule has 0 spiro atoms. The number of carbonyl (C=O) groups excluding carboxylic acids is 1. The molecule has 4 nitrogen and oxygen atoms in total. The molecule has 1 fully saturated rings. The average molecular weight is 313 g/mol. The molecule has 2 N–H and O–H groups in total. The number of carbonyl (C=O) groups is 1. The van der Waals surface area contributed by atoms with Gasteiger partial charge in [-0.3, -0.25) is 4.79 Å². The summed E-state index contributed by atoms with van der Waals surface area (Å²) in [5.41, 5.74) is 6.88. The third-order valence-electron chi connectivity index (χ3n) is 4.15. The Hall–Kier alpha value is -1.26. The van der Waals surface area contributed by atoms with Gasteiger partial charge in [-0.05, 0) is 36.5 Å². The van der Waals surface area contributed by atoms with Gasteiger partial charge >= 0.3 is 0 Å². The van der Waals surface area contributed by atoms with Crippen molar-refractivity contribution in [2.45, 2.75) is 25.7 Å². The number of hydrogen-bond acceptors (Lipinski definition) is 3. The van der Waals surface area contributed by atoms with Crippen molar-refractivity contribution in [2.75, 3.05) is 26.7 Å². The Morgan fingerprint density at radius 1 is 1.43 bits per heavy atom. The average Bonchev–Trinajstić information content (AvgIpc) is 2.53. The van der Waals surface area contributed by atoms with E-state index >= 15 is 0 Å². The number of rotatable bonds is 4. The number of methoxy groups -OCH3 is 1. The summed E-state index contributed by atoms with van der Waals surface area (Å²) in [6, 6.07) is 8.24. The van der Waals surface area contributed by atoms with Crippen LogP contribution in [0.5, 0.6) is 5.75 Å². The van der Waals surface area contributed by atoms with Gasteiger partial charge in [-0.1, -0.05) is 19.1 Å². The molecule has 1 atom stereocenters. The Labute approximate surface area is 133 Å². The highest BCUT2D eigenvalue weighted by molar-refractivity contribution is 5.85. The van der Waals surface area contributed by atoms with Crippen molar-refractivity contribution >= 4 is 18.3 Å². The lowest BCUT2D eigenvalue weighted by atomic mass is 9.89. The first-order chi connectivity index (χ1) is 9.65. The molecule has 1 aromatic carbocycles. The summed E-state index contributed by atoms with van der Waals surface area (Å²) in [6.45, 7) is 3.97. The molecule has 0 radical (unpaired) electrons. The van der Waals surface area contributed by atoms with E-state index in [1.807, 2.05) is 24.0 Å². The molecule has 21 heavy (non-hydrogen) atoms. The largest absolute Gasteiger partial charge is 0.497 e. The van der Waals surface area contributed by atoms with Gasteiger partial charge in [0.1, 0.15) is 5.75 Å². The topological polar surface area (TPSA) is 55.6 Å². The number of ether oxygens (including phenoxy) is 1. The van der Waals surface area contributed by atoms with Gasteiger partial charge in [-0.15, -0.1) is 12.4 Å². The van der Waals surface area contributed by atoms with Gasteiger partial charge in [0.2, 0.25) is 5.91 Å². The Morgan fingerprint density at radius 2 is 2.10 bits per heavy atom. The highest BCUT2D eigenvalue weighted by Crippen LogP contribution is 2.30. The first kappa shape index (κ1) is 17.8. The maximum absolute atomic E-state index is 12.1. The number of amides is 1. The summed E-state index contributed by atoms with van der Waals surface area (Å²) in [5, 5.41) is 0. The monoisotopic (exact) mass is 312 g/mol. The highest BCUT2D eigenvalue weighted by atomic mass is 35.5. The van der Waals surface area contributed by atoms with Crippen LogP contribution in [0.3, 0.4) is 0 Å². The fraction of sp³-hybridized carbons (Fsp3) is 0.562. The number of piperidine rings is 1. The summed E-state index contributed by atoms with van der Waals surface area (Å²) in [6.07, 6.45) is 2.02. The van der Waals surface area contributed by atoms with Crippen molar-refractivity contribution in [2.24, 2.45) is 11.7 Å². The van der Waals surface area contributed by atoms with Crippen molar-refractivity contribution in [3.05, 3.63) is 29.8 Å². The standard InChI is InChI=1S/C16H24N2O2.ClH/c1-12(11-17)16(19)18-8-6-13(7-9-18)14-4-3-5-15(10-14)20-2;/h3-5,10,12-13H,6-9,11,17H2,1-2H3;1H. The first-order valence-corrected chi connectivity index (χ1v) is 7.28. The van der Waals surface area contributed by atoms with Gasteiger partial charge in [-0.2, -0.15) is 0 Å². The SMILES string of the molecule is COc1cccc(C2CCN(C(=O)C(C)CN)CC2)c1.Cl. The third kappa shape index (κ3) is 4.35. The van der Waals surface area contributed by atoms with Crippen molar-refractivity contribution < 1.29 is 9.53 Å². The molecule has 1 aliphatic heterocycles. The minimum Gasteiger partial charge on any atom is -0.497 e. The Bertz CT molecular complexity index is 459. The van der Waals surface area contributed by atoms with Crippen molar-refractivity contribution in [3.8, 4) is 5.75 Å². The lowest BCUT2D eigenvalue weighted by Crippen LogP contribution is -2.42. The minimum atomic E-state index is -0.0663. The molecule has 1 amide bonds. The summed E-state index contributed by atoms with van der Waals surface area (Å²) < 4.78 is 5.27. The Kier molecular flexibility index (Phi) is 6.99. The molecule has 118 valence electrons. The van der Waals surface area contributed by atoms with E-state index in [9.17, 15) is 4.79 Å². The lowest BCUT2D eigenvalue weighted by molar-refractivity contribution is -0.135. The maximum Gasteiger partial charge on any atom is 0.226 e. The Balaban J connectivity index is 0.00000220. The number of nitrogens with two attached hydrogens (primary N) is 1. The molecule has 1 saturated heterocycles. The van der Waals surface area contributed by atoms with Crippen LogP contribution < -0.4 is 10.5 Å². The summed E-state index contributed by atoms with van der Waals surface area (Å²) >= 11 is 0. The van der Waals surface area contributed by atoms with Crippen LogP contribution in [-0.4, -0.2) is 37.6 Å². The molecular weight excluding hydrogens is 288 g/mol. The second-order valence-corrected chi connectivity index (χ2v) is 5.51. The maximum atomic E-state index is 12.1. The van der Waals surface area contributed by atoms with Gasteiger partial charge in [0.25, 0.3) is 0 Å². The Morgan fingerprint density at radius 3 is 2.67 bits per heavy atom. The molecule has 1 aliphatic rings. The van der Waals surface area contributed by atoms with E-state index in [4.69, 9.17) is 10.5 Å². The van der Waals surface area contributed by atoms with E-state index in [2.05, 4.69) is 12.1 Å². The number of halogens is 1. The number of hydrogen-bond donors (Lipinski definition) is 1. The van der Waals surface area contributed by atoms with E-state index in [0.717, 1.165) is 31.7 Å². The normalized spacial score (nSPS) is 17.0. The fourth-order valence-electron chi connectivity index (χ4n) is 2.74. The van der Waals surface area contributed by atoms with Gasteiger partial charge in [-0.25, -0.2) is 0 Å². The second-order valence-electron chi connectivity index (χ2n) is 5.51. The van der Waals surface area contributed by atoms with Crippen LogP contribution in [0.4, 0.5) is 0 Å². The molecular formula is C16H25ClN2O2. The van der Waals surface area contributed by atoms with E-state index in [1.54, 1.807) is 7.11 Å². The molecule has 1 aromatic rings. The second kappa shape index (κ2) is 8.25. The molecule has 0 aliphatic carbocycles. The molecule has 5 heteroatoms. The van der Waals surface area contributed by atoms with Crippen LogP contribution in [0.15, 0.2) is 24.3 Å². The van der Waals surface area contributed by atoms with E-state index in [-0.39, 0.29) is 24.2 Å². The summed E-state index contributed by atoms with van der Waals surface area (Å²) in [7, 11) is 1.69. The van der Waals surface area contributed by atoms with Crippen LogP contribution in [0.25, 0.3) is 0 Å². The van der Waals surface area contributed by atoms with Crippen molar-refractivity contribution in [1.29, 1.82) is 0 Å². The summed E-state index contributed by atoms with van der Waals surface area (Å²) in [4.78, 5) is 14.1. The van der Waals surface area contributed by atoms with Crippen LogP contribution in [-0.2, 0) is 4.79 Å². The van der Waals surface area contributed by atoms with Gasteiger partial charge in [0.05, 0.1) is 7.11 Å². The van der Waals surface area contributed by atoms with Crippen molar-refractivity contribution in [1.82, 2.24) is 4.90 Å². The van der Waals surface area contributed by atoms with Gasteiger partial charge in [0.15, 0.2) is 0 Å².